The van der Waals surface area contributed by atoms with Crippen LogP contribution in [0.5, 0.6) is 0 Å². The number of aromatic nitrogens is 5. The van der Waals surface area contributed by atoms with Gasteiger partial charge in [-0.1, -0.05) is 78.9 Å². The van der Waals surface area contributed by atoms with Gasteiger partial charge in [0.05, 0.1) is 43.4 Å². The van der Waals surface area contributed by atoms with Gasteiger partial charge in [0, 0.05) is 27.2 Å². The van der Waals surface area contributed by atoms with Gasteiger partial charge in [0.2, 0.25) is 5.95 Å². The molecule has 0 amide bonds. The molecule has 4 aromatic carbocycles. The van der Waals surface area contributed by atoms with Crippen molar-refractivity contribution < 1.29 is 0 Å². The van der Waals surface area contributed by atoms with E-state index >= 15 is 0 Å². The van der Waals surface area contributed by atoms with Gasteiger partial charge in [-0.2, -0.15) is 0 Å². The van der Waals surface area contributed by atoms with Crippen LogP contribution >= 0.6 is 11.3 Å². The highest BCUT2D eigenvalue weighted by molar-refractivity contribution is 7.26. The van der Waals surface area contributed by atoms with Gasteiger partial charge in [-0.15, -0.1) is 11.3 Å². The quantitative estimate of drug-likeness (QED) is 0.231. The van der Waals surface area contributed by atoms with Gasteiger partial charge in [-0.25, -0.2) is 15.0 Å². The maximum atomic E-state index is 5.27. The Morgan fingerprint density at radius 3 is 2.23 bits per heavy atom. The van der Waals surface area contributed by atoms with Crippen LogP contribution in [0, 0.1) is 0 Å². The van der Waals surface area contributed by atoms with Gasteiger partial charge in [0.25, 0.3) is 0 Å². The maximum Gasteiger partial charge on any atom is 0.235 e. The lowest BCUT2D eigenvalue weighted by atomic mass is 10.1. The van der Waals surface area contributed by atoms with Crippen molar-refractivity contribution in [1.82, 2.24) is 23.9 Å². The molecule has 0 radical (unpaired) electrons. The lowest BCUT2D eigenvalue weighted by Crippen LogP contribution is -2.02. The molecule has 0 spiro atoms. The highest BCUT2D eigenvalue weighted by Gasteiger charge is 2.21. The van der Waals surface area contributed by atoms with E-state index in [9.17, 15) is 0 Å². The van der Waals surface area contributed by atoms with E-state index in [0.29, 0.717) is 5.95 Å². The fraction of sp³-hybridized carbons (Fsp3) is 0. The van der Waals surface area contributed by atoms with E-state index in [1.807, 2.05) is 12.1 Å². The van der Waals surface area contributed by atoms with Crippen molar-refractivity contribution >= 4 is 70.1 Å². The third kappa shape index (κ3) is 2.86. The number of benzene rings is 4. The molecule has 9 rings (SSSR count). The minimum atomic E-state index is 0.663. The Kier molecular flexibility index (Phi) is 4.14. The summed E-state index contributed by atoms with van der Waals surface area (Å²) in [4.78, 5) is 15.6. The third-order valence-corrected chi connectivity index (χ3v) is 8.73. The first-order valence-corrected chi connectivity index (χ1v) is 13.7. The zero-order valence-electron chi connectivity index (χ0n) is 20.6. The fourth-order valence-electron chi connectivity index (χ4n) is 5.86. The molecule has 182 valence electrons. The molecule has 0 aliphatic carbocycles. The molecule has 9 aromatic rings. The van der Waals surface area contributed by atoms with Crippen molar-refractivity contribution in [3.05, 3.63) is 115 Å². The van der Waals surface area contributed by atoms with E-state index in [4.69, 9.17) is 15.0 Å². The summed E-state index contributed by atoms with van der Waals surface area (Å²) in [7, 11) is 0. The Morgan fingerprint density at radius 2 is 1.33 bits per heavy atom. The summed E-state index contributed by atoms with van der Waals surface area (Å²) >= 11 is 1.75. The van der Waals surface area contributed by atoms with Gasteiger partial charge in [0.15, 0.2) is 0 Å². The average Bonchev–Trinajstić information content (AvgIpc) is 3.66. The minimum absolute atomic E-state index is 0.663. The van der Waals surface area contributed by atoms with Crippen LogP contribution in [0.1, 0.15) is 0 Å². The lowest BCUT2D eigenvalue weighted by Gasteiger charge is -2.10. The smallest absolute Gasteiger partial charge is 0.235 e. The first-order chi connectivity index (χ1) is 19.3. The minimum Gasteiger partial charge on any atom is -0.299 e. The topological polar surface area (TPSA) is 48.0 Å². The third-order valence-electron chi connectivity index (χ3n) is 7.57. The largest absolute Gasteiger partial charge is 0.299 e. The normalized spacial score (nSPS) is 12.1. The summed E-state index contributed by atoms with van der Waals surface area (Å²) in [6.07, 6.45) is 2.11. The molecule has 0 bridgehead atoms. The maximum absolute atomic E-state index is 5.27. The Labute approximate surface area is 226 Å². The molecule has 5 aromatic heterocycles. The Hall–Kier alpha value is -5.07. The second-order valence-corrected chi connectivity index (χ2v) is 10.8. The molecule has 39 heavy (non-hydrogen) atoms. The second kappa shape index (κ2) is 7.72. The Morgan fingerprint density at radius 1 is 0.590 bits per heavy atom. The van der Waals surface area contributed by atoms with Crippen molar-refractivity contribution in [2.75, 3.05) is 0 Å². The number of para-hydroxylation sites is 3. The zero-order chi connectivity index (χ0) is 25.5. The highest BCUT2D eigenvalue weighted by atomic mass is 32.1. The number of nitrogens with zero attached hydrogens (tertiary/aromatic N) is 5. The standard InChI is InChI=1S/C33H19N5S/c1-2-10-20(11-3-1)29-31-30(22-13-5-9-17-27(22)39-31)36-33(35-29)38-24-15-7-4-12-21(24)28-26(38)18-19-37-25-16-8-6-14-23(25)34-32(28)37/h1-19H. The first kappa shape index (κ1) is 20.9. The van der Waals surface area contributed by atoms with Crippen molar-refractivity contribution in [2.45, 2.75) is 0 Å². The van der Waals surface area contributed by atoms with Crippen LogP contribution in [0.4, 0.5) is 0 Å². The van der Waals surface area contributed by atoms with Crippen LogP contribution < -0.4 is 0 Å². The van der Waals surface area contributed by atoms with Crippen LogP contribution in [-0.2, 0) is 0 Å². The van der Waals surface area contributed by atoms with Gasteiger partial charge >= 0.3 is 0 Å². The molecule has 0 saturated heterocycles. The summed E-state index contributed by atoms with van der Waals surface area (Å²) in [6, 6.07) is 37.8. The van der Waals surface area contributed by atoms with Crippen LogP contribution in [0.3, 0.4) is 0 Å². The molecular formula is C33H19N5S. The molecule has 0 saturated carbocycles. The summed E-state index contributed by atoms with van der Waals surface area (Å²) in [5.74, 6) is 0.663. The van der Waals surface area contributed by atoms with Gasteiger partial charge in [0.1, 0.15) is 5.65 Å². The summed E-state index contributed by atoms with van der Waals surface area (Å²) in [5.41, 5.74) is 8.14. The Bertz CT molecular complexity index is 2400. The molecule has 0 atom stereocenters. The van der Waals surface area contributed by atoms with E-state index in [2.05, 4.69) is 112 Å². The van der Waals surface area contributed by atoms with Gasteiger partial charge in [-0.05, 0) is 30.3 Å². The molecule has 0 unspecified atom stereocenters. The predicted molar refractivity (Wildman–Crippen MR) is 161 cm³/mol. The van der Waals surface area contributed by atoms with E-state index in [1.165, 1.54) is 4.70 Å². The molecule has 0 fully saturated rings. The molecule has 6 heteroatoms. The summed E-state index contributed by atoms with van der Waals surface area (Å²) in [5, 5.41) is 3.39. The van der Waals surface area contributed by atoms with Crippen molar-refractivity contribution in [2.24, 2.45) is 0 Å². The first-order valence-electron chi connectivity index (χ1n) is 12.9. The monoisotopic (exact) mass is 517 g/mol. The van der Waals surface area contributed by atoms with Crippen LogP contribution in [0.25, 0.3) is 76.0 Å². The van der Waals surface area contributed by atoms with Gasteiger partial charge < -0.3 is 0 Å². The number of hydrogen-bond acceptors (Lipinski definition) is 4. The molecule has 0 aliphatic rings. The molecule has 0 aliphatic heterocycles. The van der Waals surface area contributed by atoms with E-state index in [1.54, 1.807) is 11.3 Å². The summed E-state index contributed by atoms with van der Waals surface area (Å²) in [6.45, 7) is 0. The average molecular weight is 518 g/mol. The van der Waals surface area contributed by atoms with E-state index < -0.39 is 0 Å². The van der Waals surface area contributed by atoms with Crippen molar-refractivity contribution in [3.8, 4) is 17.2 Å². The van der Waals surface area contributed by atoms with E-state index in [0.717, 1.165) is 65.3 Å². The lowest BCUT2D eigenvalue weighted by molar-refractivity contribution is 1.02. The number of imidazole rings is 1. The van der Waals surface area contributed by atoms with Crippen LogP contribution in [0.2, 0.25) is 0 Å². The number of fused-ring (bicyclic) bond motifs is 10. The molecule has 0 N–H and O–H groups in total. The fourth-order valence-corrected chi connectivity index (χ4v) is 7.01. The number of hydrogen-bond donors (Lipinski definition) is 0. The highest BCUT2D eigenvalue weighted by Crippen LogP contribution is 2.40. The number of thiophene rings is 1. The number of rotatable bonds is 2. The molecular weight excluding hydrogens is 498 g/mol. The summed E-state index contributed by atoms with van der Waals surface area (Å²) < 4.78 is 6.70. The van der Waals surface area contributed by atoms with E-state index in [-0.39, 0.29) is 0 Å². The Balaban J connectivity index is 1.46. The van der Waals surface area contributed by atoms with Crippen molar-refractivity contribution in [1.29, 1.82) is 0 Å². The van der Waals surface area contributed by atoms with Gasteiger partial charge in [-0.3, -0.25) is 8.97 Å². The molecule has 5 heterocycles. The van der Waals surface area contributed by atoms with Crippen LogP contribution in [0.15, 0.2) is 115 Å². The SMILES string of the molecule is c1ccc(-c2nc(-n3c4ccccc4c4c3ccn3c5ccccc5nc43)nc3c2sc2ccccc23)cc1. The molecule has 5 nitrogen and oxygen atoms in total. The van der Waals surface area contributed by atoms with Crippen molar-refractivity contribution in [3.63, 3.8) is 0 Å². The second-order valence-electron chi connectivity index (χ2n) is 9.74. The number of pyridine rings is 1. The van der Waals surface area contributed by atoms with Crippen LogP contribution in [-0.4, -0.2) is 23.9 Å². The zero-order valence-corrected chi connectivity index (χ0v) is 21.4. The predicted octanol–water partition coefficient (Wildman–Crippen LogP) is 8.41.